The van der Waals surface area contributed by atoms with Crippen LogP contribution in [0.5, 0.6) is 0 Å². The van der Waals surface area contributed by atoms with Crippen LogP contribution in [0.2, 0.25) is 0 Å². The molecule has 152 valence electrons. The van der Waals surface area contributed by atoms with Crippen LogP contribution >= 0.6 is 0 Å². The van der Waals surface area contributed by atoms with Crippen molar-refractivity contribution in [3.63, 3.8) is 0 Å². The van der Waals surface area contributed by atoms with Gasteiger partial charge in [0.2, 0.25) is 5.89 Å². The van der Waals surface area contributed by atoms with Gasteiger partial charge >= 0.3 is 12.2 Å². The number of halogens is 3. The lowest BCUT2D eigenvalue weighted by Crippen LogP contribution is -2.45. The molecular weight excluding hydrogens is 377 g/mol. The maximum atomic E-state index is 12.9. The molecule has 0 bridgehead atoms. The standard InChI is InChI=1S/C17H21F3N6O2/c1-10-9-13(17(18,19)20)24-14(22-10)6-7-21-16(27)26-8-4-3-5-12(26)15-23-11(2)25-28-15/h9,12H,3-8H2,1-2H3,(H,21,27). The number of carbonyl (C=O) groups excluding carboxylic acids is 1. The van der Waals surface area contributed by atoms with E-state index in [-0.39, 0.29) is 36.6 Å². The number of carbonyl (C=O) groups is 1. The van der Waals surface area contributed by atoms with Gasteiger partial charge < -0.3 is 14.7 Å². The van der Waals surface area contributed by atoms with E-state index in [0.717, 1.165) is 18.9 Å². The van der Waals surface area contributed by atoms with E-state index >= 15 is 0 Å². The number of aromatic nitrogens is 4. The quantitative estimate of drug-likeness (QED) is 0.851. The molecule has 0 aromatic carbocycles. The Kier molecular flexibility index (Phi) is 5.80. The first-order chi connectivity index (χ1) is 13.2. The van der Waals surface area contributed by atoms with Crippen molar-refractivity contribution in [2.75, 3.05) is 13.1 Å². The minimum Gasteiger partial charge on any atom is -0.338 e. The number of hydrogen-bond acceptors (Lipinski definition) is 6. The second kappa shape index (κ2) is 8.11. The zero-order chi connectivity index (χ0) is 20.3. The molecule has 28 heavy (non-hydrogen) atoms. The van der Waals surface area contributed by atoms with Gasteiger partial charge in [0.1, 0.15) is 17.6 Å². The van der Waals surface area contributed by atoms with Crippen LogP contribution in [0, 0.1) is 13.8 Å². The van der Waals surface area contributed by atoms with Gasteiger partial charge in [-0.05, 0) is 39.2 Å². The van der Waals surface area contributed by atoms with Crippen LogP contribution in [-0.2, 0) is 12.6 Å². The monoisotopic (exact) mass is 398 g/mol. The Morgan fingerprint density at radius 2 is 2.07 bits per heavy atom. The van der Waals surface area contributed by atoms with Gasteiger partial charge in [0.05, 0.1) is 0 Å². The van der Waals surface area contributed by atoms with E-state index < -0.39 is 11.9 Å². The van der Waals surface area contributed by atoms with Crippen LogP contribution in [0.25, 0.3) is 0 Å². The third-order valence-corrected chi connectivity index (χ3v) is 4.41. The molecule has 1 fully saturated rings. The fourth-order valence-corrected chi connectivity index (χ4v) is 3.15. The van der Waals surface area contributed by atoms with Gasteiger partial charge in [-0.2, -0.15) is 18.2 Å². The smallest absolute Gasteiger partial charge is 0.338 e. The number of likely N-dealkylation sites (tertiary alicyclic amines) is 1. The van der Waals surface area contributed by atoms with Crippen molar-refractivity contribution >= 4 is 6.03 Å². The number of hydrogen-bond donors (Lipinski definition) is 1. The molecule has 11 heteroatoms. The molecule has 0 aliphatic carbocycles. The van der Waals surface area contributed by atoms with Gasteiger partial charge in [-0.25, -0.2) is 14.8 Å². The van der Waals surface area contributed by atoms with Crippen molar-refractivity contribution in [2.24, 2.45) is 0 Å². The molecule has 3 heterocycles. The number of nitrogens with zero attached hydrogens (tertiary/aromatic N) is 5. The second-order valence-electron chi connectivity index (χ2n) is 6.68. The molecule has 1 N–H and O–H groups in total. The Morgan fingerprint density at radius 3 is 2.75 bits per heavy atom. The van der Waals surface area contributed by atoms with E-state index in [1.54, 1.807) is 11.8 Å². The summed E-state index contributed by atoms with van der Waals surface area (Å²) in [6.45, 7) is 3.84. The van der Waals surface area contributed by atoms with Crippen molar-refractivity contribution in [3.8, 4) is 0 Å². The zero-order valence-electron chi connectivity index (χ0n) is 15.6. The Labute approximate surface area is 159 Å². The Morgan fingerprint density at radius 1 is 1.29 bits per heavy atom. The summed E-state index contributed by atoms with van der Waals surface area (Å²) in [5.41, 5.74) is -0.754. The Hall–Kier alpha value is -2.72. The highest BCUT2D eigenvalue weighted by molar-refractivity contribution is 5.74. The Balaban J connectivity index is 1.61. The average molecular weight is 398 g/mol. The number of urea groups is 1. The lowest BCUT2D eigenvalue weighted by molar-refractivity contribution is -0.141. The molecule has 8 nitrogen and oxygen atoms in total. The summed E-state index contributed by atoms with van der Waals surface area (Å²) in [5, 5.41) is 6.49. The van der Waals surface area contributed by atoms with E-state index in [9.17, 15) is 18.0 Å². The topological polar surface area (TPSA) is 97.0 Å². The van der Waals surface area contributed by atoms with E-state index in [4.69, 9.17) is 4.52 Å². The Bertz CT molecular complexity index is 839. The zero-order valence-corrected chi connectivity index (χ0v) is 15.6. The molecule has 1 aliphatic heterocycles. The maximum absolute atomic E-state index is 12.9. The highest BCUT2D eigenvalue weighted by atomic mass is 19.4. The SMILES string of the molecule is Cc1cc(C(F)(F)F)nc(CCNC(=O)N2CCCCC2c2nc(C)no2)n1. The molecule has 2 amide bonds. The predicted octanol–water partition coefficient (Wildman–Crippen LogP) is 2.97. The van der Waals surface area contributed by atoms with E-state index in [1.165, 1.54) is 6.92 Å². The van der Waals surface area contributed by atoms with Crippen molar-refractivity contribution in [1.29, 1.82) is 0 Å². The van der Waals surface area contributed by atoms with E-state index in [1.807, 2.05) is 0 Å². The van der Waals surface area contributed by atoms with Crippen LogP contribution in [0.1, 0.15) is 54.2 Å². The van der Waals surface area contributed by atoms with Crippen LogP contribution in [0.4, 0.5) is 18.0 Å². The first kappa shape index (κ1) is 20.0. The maximum Gasteiger partial charge on any atom is 0.433 e. The van der Waals surface area contributed by atoms with Crippen LogP contribution in [0.15, 0.2) is 10.6 Å². The van der Waals surface area contributed by atoms with Gasteiger partial charge in [0, 0.05) is 25.2 Å². The van der Waals surface area contributed by atoms with Crippen LogP contribution in [0.3, 0.4) is 0 Å². The lowest BCUT2D eigenvalue weighted by Gasteiger charge is -2.33. The van der Waals surface area contributed by atoms with Gasteiger partial charge in [0.25, 0.3) is 0 Å². The third kappa shape index (κ3) is 4.76. The lowest BCUT2D eigenvalue weighted by atomic mass is 10.0. The van der Waals surface area contributed by atoms with E-state index in [0.29, 0.717) is 24.7 Å². The van der Waals surface area contributed by atoms with Crippen molar-refractivity contribution in [1.82, 2.24) is 30.3 Å². The molecule has 2 aromatic heterocycles. The molecule has 0 saturated carbocycles. The highest BCUT2D eigenvalue weighted by Gasteiger charge is 2.34. The number of piperidine rings is 1. The largest absolute Gasteiger partial charge is 0.433 e. The molecule has 1 atom stereocenters. The molecule has 1 saturated heterocycles. The van der Waals surface area contributed by atoms with Crippen molar-refractivity contribution in [3.05, 3.63) is 35.0 Å². The number of alkyl halides is 3. The summed E-state index contributed by atoms with van der Waals surface area (Å²) >= 11 is 0. The van der Waals surface area contributed by atoms with Gasteiger partial charge in [-0.3, -0.25) is 0 Å². The number of aryl methyl sites for hydroxylation is 2. The molecule has 1 aliphatic rings. The van der Waals surface area contributed by atoms with Crippen molar-refractivity contribution in [2.45, 2.75) is 51.7 Å². The minimum absolute atomic E-state index is 0.0374. The highest BCUT2D eigenvalue weighted by Crippen LogP contribution is 2.30. The summed E-state index contributed by atoms with van der Waals surface area (Å²) in [6.07, 6.45) is -1.94. The summed E-state index contributed by atoms with van der Waals surface area (Å²) in [5.74, 6) is 0.928. The first-order valence-corrected chi connectivity index (χ1v) is 9.00. The predicted molar refractivity (Wildman–Crippen MR) is 91.2 cm³/mol. The van der Waals surface area contributed by atoms with E-state index in [2.05, 4.69) is 25.4 Å². The number of amides is 2. The number of nitrogens with one attached hydrogen (secondary N) is 1. The summed E-state index contributed by atoms with van der Waals surface area (Å²) in [6, 6.07) is 0.263. The molecule has 3 rings (SSSR count). The fraction of sp³-hybridized carbons (Fsp3) is 0.588. The minimum atomic E-state index is -4.53. The fourth-order valence-electron chi connectivity index (χ4n) is 3.15. The van der Waals surface area contributed by atoms with Gasteiger partial charge in [0.15, 0.2) is 5.82 Å². The summed E-state index contributed by atoms with van der Waals surface area (Å²) < 4.78 is 43.8. The van der Waals surface area contributed by atoms with Crippen LogP contribution in [-0.4, -0.2) is 44.1 Å². The molecular formula is C17H21F3N6O2. The normalized spacial score (nSPS) is 17.6. The average Bonchev–Trinajstić information content (AvgIpc) is 3.07. The summed E-state index contributed by atoms with van der Waals surface area (Å²) in [7, 11) is 0. The van der Waals surface area contributed by atoms with Crippen molar-refractivity contribution < 1.29 is 22.5 Å². The number of rotatable bonds is 4. The molecule has 2 aromatic rings. The molecule has 1 unspecified atom stereocenters. The second-order valence-corrected chi connectivity index (χ2v) is 6.68. The summed E-state index contributed by atoms with van der Waals surface area (Å²) in [4.78, 5) is 26.0. The van der Waals surface area contributed by atoms with Gasteiger partial charge in [-0.15, -0.1) is 0 Å². The third-order valence-electron chi connectivity index (χ3n) is 4.41. The van der Waals surface area contributed by atoms with Crippen LogP contribution < -0.4 is 5.32 Å². The first-order valence-electron chi connectivity index (χ1n) is 9.00. The molecule has 0 spiro atoms. The molecule has 0 radical (unpaired) electrons. The van der Waals surface area contributed by atoms with Gasteiger partial charge in [-0.1, -0.05) is 5.16 Å².